The molecule has 0 bridgehead atoms. The number of aromatic amines is 1. The van der Waals surface area contributed by atoms with E-state index >= 15 is 0 Å². The quantitative estimate of drug-likeness (QED) is 0.570. The minimum Gasteiger partial charge on any atom is -0.382 e. The number of halogens is 1. The summed E-state index contributed by atoms with van der Waals surface area (Å²) in [5.41, 5.74) is 9.93. The first kappa shape index (κ1) is 18.7. The van der Waals surface area contributed by atoms with Crippen LogP contribution >= 0.6 is 0 Å². The van der Waals surface area contributed by atoms with E-state index in [-0.39, 0.29) is 5.82 Å². The van der Waals surface area contributed by atoms with Gasteiger partial charge in [-0.25, -0.2) is 19.3 Å². The van der Waals surface area contributed by atoms with Gasteiger partial charge in [0.15, 0.2) is 11.5 Å². The number of benzene rings is 1. The molecule has 6 nitrogen and oxygen atoms in total. The zero-order valence-corrected chi connectivity index (χ0v) is 15.7. The number of aryl methyl sites for hydroxylation is 1. The molecule has 140 valence electrons. The second-order valence-electron chi connectivity index (χ2n) is 6.74. The predicted octanol–water partition coefficient (Wildman–Crippen LogP) is 4.07. The number of nitrogens with one attached hydrogen (secondary N) is 1. The normalized spacial score (nSPS) is 11.0. The van der Waals surface area contributed by atoms with Crippen LogP contribution in [0.25, 0.3) is 22.1 Å². The van der Waals surface area contributed by atoms with E-state index in [9.17, 15) is 4.39 Å². The Kier molecular flexibility index (Phi) is 5.59. The van der Waals surface area contributed by atoms with Gasteiger partial charge in [-0.1, -0.05) is 20.8 Å². The number of rotatable bonds is 3. The van der Waals surface area contributed by atoms with Gasteiger partial charge in [0.25, 0.3) is 0 Å². The minimum atomic E-state index is -0.218. The number of imidazole rings is 1. The number of anilines is 1. The largest absolute Gasteiger partial charge is 0.382 e. The van der Waals surface area contributed by atoms with Gasteiger partial charge in [0.1, 0.15) is 17.7 Å². The fourth-order valence-corrected chi connectivity index (χ4v) is 2.88. The molecule has 0 radical (unpaired) electrons. The zero-order chi connectivity index (χ0) is 19.4. The number of nitrogens with zero attached hydrogens (tertiary/aromatic N) is 4. The summed E-state index contributed by atoms with van der Waals surface area (Å²) in [7, 11) is 0. The molecule has 1 aromatic carbocycles. The lowest BCUT2D eigenvalue weighted by Gasteiger charge is -2.11. The van der Waals surface area contributed by atoms with Gasteiger partial charge in [-0.2, -0.15) is 0 Å². The molecule has 0 aliphatic carbocycles. The lowest BCUT2D eigenvalue weighted by molar-refractivity contribution is 0.626. The second-order valence-corrected chi connectivity index (χ2v) is 6.74. The van der Waals surface area contributed by atoms with E-state index in [1.165, 1.54) is 30.4 Å². The van der Waals surface area contributed by atoms with E-state index in [2.05, 4.69) is 51.8 Å². The number of hydrogen-bond donors (Lipinski definition) is 2. The molecule has 0 amide bonds. The number of aromatic nitrogens is 5. The maximum Gasteiger partial charge on any atom is 0.182 e. The molecule has 4 aromatic rings. The Bertz CT molecular complexity index is 1060. The van der Waals surface area contributed by atoms with Crippen LogP contribution < -0.4 is 5.73 Å². The first-order valence-electron chi connectivity index (χ1n) is 8.95. The van der Waals surface area contributed by atoms with Gasteiger partial charge in [0, 0.05) is 17.1 Å². The van der Waals surface area contributed by atoms with E-state index in [0.717, 1.165) is 29.4 Å². The highest BCUT2D eigenvalue weighted by atomic mass is 19.1. The topological polar surface area (TPSA) is 93.4 Å². The van der Waals surface area contributed by atoms with Gasteiger partial charge in [-0.3, -0.25) is 4.98 Å². The highest BCUT2D eigenvalue weighted by Crippen LogP contribution is 2.20. The first-order valence-corrected chi connectivity index (χ1v) is 8.95. The van der Waals surface area contributed by atoms with E-state index in [1.807, 2.05) is 0 Å². The number of nitrogen functional groups attached to an aromatic ring is 1. The molecule has 0 saturated heterocycles. The van der Waals surface area contributed by atoms with Crippen molar-refractivity contribution in [3.63, 3.8) is 0 Å². The second kappa shape index (κ2) is 8.07. The SMILES string of the molecule is CCc1cc2ccc(F)cc2nc1CC(C)C.Nc1ncnc2nc[nH]c12. The van der Waals surface area contributed by atoms with Crippen LogP contribution in [0.5, 0.6) is 0 Å². The fourth-order valence-electron chi connectivity index (χ4n) is 2.88. The molecule has 4 rings (SSSR count). The summed E-state index contributed by atoms with van der Waals surface area (Å²) in [6.07, 6.45) is 4.85. The van der Waals surface area contributed by atoms with Crippen LogP contribution in [-0.4, -0.2) is 24.9 Å². The van der Waals surface area contributed by atoms with Crippen LogP contribution in [0.1, 0.15) is 32.0 Å². The average molecular weight is 366 g/mol. The summed E-state index contributed by atoms with van der Waals surface area (Å²) in [4.78, 5) is 19.0. The molecule has 27 heavy (non-hydrogen) atoms. The van der Waals surface area contributed by atoms with Crippen molar-refractivity contribution in [1.82, 2.24) is 24.9 Å². The highest BCUT2D eigenvalue weighted by molar-refractivity contribution is 5.80. The monoisotopic (exact) mass is 366 g/mol. The predicted molar refractivity (Wildman–Crippen MR) is 106 cm³/mol. The van der Waals surface area contributed by atoms with Gasteiger partial charge in [-0.05, 0) is 42.5 Å². The average Bonchev–Trinajstić information content (AvgIpc) is 3.11. The van der Waals surface area contributed by atoms with Crippen molar-refractivity contribution in [3.8, 4) is 0 Å². The Morgan fingerprint density at radius 1 is 1.15 bits per heavy atom. The van der Waals surface area contributed by atoms with Crippen molar-refractivity contribution in [1.29, 1.82) is 0 Å². The summed E-state index contributed by atoms with van der Waals surface area (Å²) < 4.78 is 13.2. The van der Waals surface area contributed by atoms with Crippen molar-refractivity contribution < 1.29 is 4.39 Å². The van der Waals surface area contributed by atoms with Crippen LogP contribution in [0.2, 0.25) is 0 Å². The Balaban J connectivity index is 0.000000177. The van der Waals surface area contributed by atoms with Crippen molar-refractivity contribution in [2.24, 2.45) is 5.92 Å². The van der Waals surface area contributed by atoms with Crippen molar-refractivity contribution in [2.75, 3.05) is 5.73 Å². The van der Waals surface area contributed by atoms with Crippen LogP contribution in [0, 0.1) is 11.7 Å². The summed E-state index contributed by atoms with van der Waals surface area (Å²) in [5.74, 6) is 0.783. The molecule has 0 atom stereocenters. The molecule has 0 spiro atoms. The molecule has 3 N–H and O–H groups in total. The van der Waals surface area contributed by atoms with E-state index in [1.54, 1.807) is 6.07 Å². The van der Waals surface area contributed by atoms with Crippen LogP contribution in [0.4, 0.5) is 10.2 Å². The van der Waals surface area contributed by atoms with E-state index in [0.29, 0.717) is 22.9 Å². The Hall–Kier alpha value is -3.09. The molecule has 0 fully saturated rings. The third kappa shape index (κ3) is 4.36. The van der Waals surface area contributed by atoms with Gasteiger partial charge in [-0.15, -0.1) is 0 Å². The van der Waals surface area contributed by atoms with Gasteiger partial charge < -0.3 is 10.7 Å². The Labute approximate surface area is 157 Å². The molecular formula is C20H23FN6. The number of fused-ring (bicyclic) bond motifs is 2. The zero-order valence-electron chi connectivity index (χ0n) is 15.7. The molecule has 7 heteroatoms. The summed E-state index contributed by atoms with van der Waals surface area (Å²) in [6, 6.07) is 6.94. The minimum absolute atomic E-state index is 0.218. The molecule has 3 aromatic heterocycles. The number of pyridine rings is 1. The third-order valence-corrected chi connectivity index (χ3v) is 4.18. The summed E-state index contributed by atoms with van der Waals surface area (Å²) >= 11 is 0. The number of hydrogen-bond acceptors (Lipinski definition) is 5. The van der Waals surface area contributed by atoms with Crippen LogP contribution in [-0.2, 0) is 12.8 Å². The lowest BCUT2D eigenvalue weighted by atomic mass is 10.00. The standard InChI is InChI=1S/C15H18FN.C5H5N5/c1-4-11-8-12-5-6-13(16)9-15(12)17-14(11)7-10(2)3;6-4-3-5(9-1-7-3)10-2-8-4/h5-6,8-10H,4,7H2,1-3H3;1-2H,(H3,6,7,8,9,10). The number of nitrogens with two attached hydrogens (primary N) is 1. The van der Waals surface area contributed by atoms with Crippen LogP contribution in [0.3, 0.4) is 0 Å². The highest BCUT2D eigenvalue weighted by Gasteiger charge is 2.08. The van der Waals surface area contributed by atoms with Crippen molar-refractivity contribution in [3.05, 3.63) is 54.0 Å². The third-order valence-electron chi connectivity index (χ3n) is 4.18. The number of H-pyrrole nitrogens is 1. The summed E-state index contributed by atoms with van der Waals surface area (Å²) in [5, 5.41) is 1.02. The van der Waals surface area contributed by atoms with E-state index < -0.39 is 0 Å². The fraction of sp³-hybridized carbons (Fsp3) is 0.300. The van der Waals surface area contributed by atoms with Gasteiger partial charge >= 0.3 is 0 Å². The molecule has 0 saturated carbocycles. The molecule has 0 aliphatic rings. The van der Waals surface area contributed by atoms with E-state index in [4.69, 9.17) is 5.73 Å². The Morgan fingerprint density at radius 2 is 1.96 bits per heavy atom. The molecule has 0 aliphatic heterocycles. The maximum atomic E-state index is 13.2. The lowest BCUT2D eigenvalue weighted by Crippen LogP contribution is -2.02. The summed E-state index contributed by atoms with van der Waals surface area (Å²) in [6.45, 7) is 6.49. The van der Waals surface area contributed by atoms with Crippen molar-refractivity contribution in [2.45, 2.75) is 33.6 Å². The molecular weight excluding hydrogens is 343 g/mol. The Morgan fingerprint density at radius 3 is 2.67 bits per heavy atom. The first-order chi connectivity index (χ1) is 13.0. The van der Waals surface area contributed by atoms with Crippen molar-refractivity contribution >= 4 is 27.9 Å². The smallest absolute Gasteiger partial charge is 0.182 e. The van der Waals surface area contributed by atoms with Crippen LogP contribution in [0.15, 0.2) is 36.9 Å². The van der Waals surface area contributed by atoms with Gasteiger partial charge in [0.2, 0.25) is 0 Å². The molecule has 0 unspecified atom stereocenters. The van der Waals surface area contributed by atoms with Gasteiger partial charge in [0.05, 0.1) is 11.8 Å². The maximum absolute atomic E-state index is 13.2. The molecule has 3 heterocycles.